The third kappa shape index (κ3) is 7.34. The lowest BCUT2D eigenvalue weighted by Gasteiger charge is -2.12. The smallest absolute Gasteiger partial charge is 0.329 e. The van der Waals surface area contributed by atoms with E-state index in [1.54, 1.807) is 36.4 Å². The largest absolute Gasteiger partial charge is 0.488 e. The van der Waals surface area contributed by atoms with Crippen LogP contribution in [0.3, 0.4) is 0 Å². The van der Waals surface area contributed by atoms with Crippen molar-refractivity contribution >= 4 is 57.2 Å². The molecule has 0 fully saturated rings. The highest BCUT2D eigenvalue weighted by Gasteiger charge is 2.12. The summed E-state index contributed by atoms with van der Waals surface area (Å²) in [5, 5.41) is 7.38. The summed E-state index contributed by atoms with van der Waals surface area (Å²) in [7, 11) is 0. The molecule has 0 aliphatic heterocycles. The normalized spacial score (nSPS) is 10.8. The summed E-state index contributed by atoms with van der Waals surface area (Å²) in [6.07, 6.45) is 3.12. The van der Waals surface area contributed by atoms with Gasteiger partial charge in [-0.2, -0.15) is 5.10 Å². The number of hydrogen-bond acceptors (Lipinski definition) is 4. The van der Waals surface area contributed by atoms with E-state index < -0.39 is 11.8 Å². The fourth-order valence-corrected chi connectivity index (χ4v) is 3.13. The van der Waals surface area contributed by atoms with Gasteiger partial charge in [0.15, 0.2) is 0 Å². The monoisotopic (exact) mass is 499 g/mol. The van der Waals surface area contributed by atoms with Crippen molar-refractivity contribution in [2.45, 2.75) is 26.4 Å². The van der Waals surface area contributed by atoms with Crippen LogP contribution in [0.25, 0.3) is 0 Å². The number of unbranched alkanes of at least 4 members (excludes halogenated alkanes) is 1. The van der Waals surface area contributed by atoms with Crippen LogP contribution in [0.1, 0.15) is 30.9 Å². The highest BCUT2D eigenvalue weighted by Crippen LogP contribution is 2.27. The Balaban J connectivity index is 2.03. The molecule has 9 heteroatoms. The van der Waals surface area contributed by atoms with Gasteiger partial charge in [0.25, 0.3) is 0 Å². The summed E-state index contributed by atoms with van der Waals surface area (Å²) in [6.45, 7) is 2.60. The molecule has 0 heterocycles. The molecule has 2 aromatic rings. The van der Waals surface area contributed by atoms with E-state index in [4.69, 9.17) is 27.9 Å². The zero-order valence-electron chi connectivity index (χ0n) is 15.7. The molecule has 0 aliphatic rings. The molecule has 0 aromatic heterocycles. The lowest BCUT2D eigenvalue weighted by Crippen LogP contribution is -2.38. The van der Waals surface area contributed by atoms with Gasteiger partial charge in [0, 0.05) is 32.2 Å². The van der Waals surface area contributed by atoms with Crippen LogP contribution in [0.4, 0.5) is 0 Å². The second-order valence-corrected chi connectivity index (χ2v) is 7.71. The van der Waals surface area contributed by atoms with Gasteiger partial charge in [-0.15, -0.1) is 0 Å². The van der Waals surface area contributed by atoms with Crippen molar-refractivity contribution in [2.75, 3.05) is 6.54 Å². The Morgan fingerprint density at radius 1 is 1.17 bits per heavy atom. The number of carbonyl (C=O) groups excluding carboxylic acids is 2. The number of hydrazone groups is 1. The van der Waals surface area contributed by atoms with Gasteiger partial charge in [0.2, 0.25) is 0 Å². The summed E-state index contributed by atoms with van der Waals surface area (Å²) in [5.41, 5.74) is 3.46. The fraction of sp³-hybridized carbons (Fsp3) is 0.250. The van der Waals surface area contributed by atoms with Crippen LogP contribution in [-0.2, 0) is 16.2 Å². The third-order valence-electron chi connectivity index (χ3n) is 3.80. The summed E-state index contributed by atoms with van der Waals surface area (Å²) >= 11 is 15.7. The number of halogens is 3. The first-order valence-corrected chi connectivity index (χ1v) is 10.4. The van der Waals surface area contributed by atoms with Crippen LogP contribution < -0.4 is 15.5 Å². The Kier molecular flexibility index (Phi) is 9.44. The first kappa shape index (κ1) is 23.2. The van der Waals surface area contributed by atoms with E-state index in [0.29, 0.717) is 33.5 Å². The number of benzene rings is 2. The van der Waals surface area contributed by atoms with E-state index in [2.05, 4.69) is 31.8 Å². The maximum atomic E-state index is 11.8. The van der Waals surface area contributed by atoms with Gasteiger partial charge in [-0.05, 0) is 36.8 Å². The maximum absolute atomic E-state index is 11.8. The Hall–Kier alpha value is -2.09. The van der Waals surface area contributed by atoms with Crippen molar-refractivity contribution in [3.8, 4) is 5.75 Å². The number of carbonyl (C=O) groups is 2. The quantitative estimate of drug-likeness (QED) is 0.238. The molecule has 0 atom stereocenters. The summed E-state index contributed by atoms with van der Waals surface area (Å²) < 4.78 is 6.63. The maximum Gasteiger partial charge on any atom is 0.329 e. The first-order valence-electron chi connectivity index (χ1n) is 8.88. The van der Waals surface area contributed by atoms with Crippen LogP contribution in [0, 0.1) is 0 Å². The van der Waals surface area contributed by atoms with Gasteiger partial charge in [-0.1, -0.05) is 58.5 Å². The SMILES string of the molecule is CCCCNC(=O)C(=O)N/N=C\c1cc(Br)ccc1OCc1c(Cl)cccc1Cl. The fourth-order valence-electron chi connectivity index (χ4n) is 2.24. The van der Waals surface area contributed by atoms with E-state index in [0.717, 1.165) is 17.3 Å². The van der Waals surface area contributed by atoms with Gasteiger partial charge >= 0.3 is 11.8 Å². The lowest BCUT2D eigenvalue weighted by atomic mass is 10.2. The molecule has 0 spiro atoms. The lowest BCUT2D eigenvalue weighted by molar-refractivity contribution is -0.139. The zero-order chi connectivity index (χ0) is 21.2. The molecular weight excluding hydrogens is 481 g/mol. The van der Waals surface area contributed by atoms with E-state index in [1.807, 2.05) is 6.92 Å². The molecule has 0 saturated carbocycles. The number of amides is 2. The second-order valence-electron chi connectivity index (χ2n) is 5.98. The average molecular weight is 501 g/mol. The number of nitrogens with one attached hydrogen (secondary N) is 2. The topological polar surface area (TPSA) is 79.8 Å². The molecule has 0 bridgehead atoms. The van der Waals surface area contributed by atoms with Crippen LogP contribution in [0.5, 0.6) is 5.75 Å². The minimum Gasteiger partial charge on any atom is -0.488 e. The number of ether oxygens (including phenoxy) is 1. The Morgan fingerprint density at radius 3 is 2.59 bits per heavy atom. The predicted octanol–water partition coefficient (Wildman–Crippen LogP) is 4.70. The molecule has 2 amide bonds. The van der Waals surface area contributed by atoms with E-state index >= 15 is 0 Å². The molecule has 2 N–H and O–H groups in total. The highest BCUT2D eigenvalue weighted by atomic mass is 79.9. The van der Waals surface area contributed by atoms with Crippen LogP contribution >= 0.6 is 39.1 Å². The van der Waals surface area contributed by atoms with Crippen molar-refractivity contribution in [1.82, 2.24) is 10.7 Å². The Bertz CT molecular complexity index is 886. The molecule has 0 unspecified atom stereocenters. The number of hydrogen-bond donors (Lipinski definition) is 2. The van der Waals surface area contributed by atoms with Crippen molar-refractivity contribution in [1.29, 1.82) is 0 Å². The Labute approximate surface area is 187 Å². The van der Waals surface area contributed by atoms with Gasteiger partial charge in [0.1, 0.15) is 12.4 Å². The van der Waals surface area contributed by atoms with E-state index in [9.17, 15) is 9.59 Å². The van der Waals surface area contributed by atoms with E-state index in [1.165, 1.54) is 6.21 Å². The molecule has 0 aliphatic carbocycles. The third-order valence-corrected chi connectivity index (χ3v) is 5.00. The van der Waals surface area contributed by atoms with Gasteiger partial charge in [0.05, 0.1) is 6.21 Å². The molecule has 6 nitrogen and oxygen atoms in total. The van der Waals surface area contributed by atoms with Crippen LogP contribution in [0.2, 0.25) is 10.0 Å². The summed E-state index contributed by atoms with van der Waals surface area (Å²) in [6, 6.07) is 10.5. The van der Waals surface area contributed by atoms with Crippen molar-refractivity contribution in [3.63, 3.8) is 0 Å². The minimum absolute atomic E-state index is 0.160. The van der Waals surface area contributed by atoms with Crippen molar-refractivity contribution in [2.24, 2.45) is 5.10 Å². The molecule has 0 saturated heterocycles. The standard InChI is InChI=1S/C20H20BrCl2N3O3/c1-2-3-9-24-19(27)20(28)26-25-11-13-10-14(21)7-8-18(13)29-12-15-16(22)5-4-6-17(15)23/h4-8,10-11H,2-3,9,12H2,1H3,(H,24,27)(H,26,28)/b25-11-. The molecule has 154 valence electrons. The predicted molar refractivity (Wildman–Crippen MR) is 119 cm³/mol. The molecule has 2 rings (SSSR count). The molecule has 0 radical (unpaired) electrons. The van der Waals surface area contributed by atoms with Crippen LogP contribution in [0.15, 0.2) is 46.0 Å². The van der Waals surface area contributed by atoms with Crippen molar-refractivity contribution < 1.29 is 14.3 Å². The van der Waals surface area contributed by atoms with Gasteiger partial charge in [-0.3, -0.25) is 9.59 Å². The van der Waals surface area contributed by atoms with E-state index in [-0.39, 0.29) is 6.61 Å². The average Bonchev–Trinajstić information content (AvgIpc) is 2.69. The summed E-state index contributed by atoms with van der Waals surface area (Å²) in [5.74, 6) is -1.05. The minimum atomic E-state index is -0.835. The Morgan fingerprint density at radius 2 is 1.90 bits per heavy atom. The number of rotatable bonds is 8. The van der Waals surface area contributed by atoms with Gasteiger partial charge < -0.3 is 10.1 Å². The second kappa shape index (κ2) is 11.8. The molecular formula is C20H20BrCl2N3O3. The number of nitrogens with zero attached hydrogens (tertiary/aromatic N) is 1. The molecule has 29 heavy (non-hydrogen) atoms. The van der Waals surface area contributed by atoms with Crippen LogP contribution in [-0.4, -0.2) is 24.6 Å². The van der Waals surface area contributed by atoms with Gasteiger partial charge in [-0.25, -0.2) is 5.43 Å². The highest BCUT2D eigenvalue weighted by molar-refractivity contribution is 9.10. The first-order chi connectivity index (χ1) is 13.9. The molecule has 2 aromatic carbocycles. The summed E-state index contributed by atoms with van der Waals surface area (Å²) in [4.78, 5) is 23.4. The zero-order valence-corrected chi connectivity index (χ0v) is 18.8. The van der Waals surface area contributed by atoms with Crippen molar-refractivity contribution in [3.05, 3.63) is 62.0 Å².